The summed E-state index contributed by atoms with van der Waals surface area (Å²) in [5.74, 6) is -0.455. The highest BCUT2D eigenvalue weighted by Gasteiger charge is 2.21. The van der Waals surface area contributed by atoms with Crippen molar-refractivity contribution in [3.8, 4) is 0 Å². The van der Waals surface area contributed by atoms with E-state index in [1.807, 2.05) is 18.2 Å². The minimum atomic E-state index is -0.632. The van der Waals surface area contributed by atoms with Crippen molar-refractivity contribution in [2.24, 2.45) is 0 Å². The number of esters is 1. The molecule has 0 unspecified atom stereocenters. The highest BCUT2D eigenvalue weighted by molar-refractivity contribution is 5.88. The average Bonchev–Trinajstić information content (AvgIpc) is 3.03. The van der Waals surface area contributed by atoms with Crippen LogP contribution < -0.4 is 5.56 Å². The van der Waals surface area contributed by atoms with E-state index in [9.17, 15) is 9.59 Å². The number of ether oxygens (including phenoxy) is 1. The quantitative estimate of drug-likeness (QED) is 0.649. The van der Waals surface area contributed by atoms with Gasteiger partial charge in [-0.2, -0.15) is 9.61 Å². The summed E-state index contributed by atoms with van der Waals surface area (Å²) in [5.41, 5.74) is 3.39. The van der Waals surface area contributed by atoms with Gasteiger partial charge in [-0.1, -0.05) is 44.2 Å². The Morgan fingerprint density at radius 2 is 1.96 bits per heavy atom. The van der Waals surface area contributed by atoms with Crippen LogP contribution in [0.25, 0.3) is 5.65 Å². The van der Waals surface area contributed by atoms with Crippen molar-refractivity contribution in [2.75, 3.05) is 6.61 Å². The first-order chi connectivity index (χ1) is 13.0. The van der Waals surface area contributed by atoms with E-state index in [2.05, 4.69) is 36.1 Å². The summed E-state index contributed by atoms with van der Waals surface area (Å²) < 4.78 is 6.26. The Morgan fingerprint density at radius 3 is 2.63 bits per heavy atom. The zero-order valence-corrected chi connectivity index (χ0v) is 16.0. The minimum Gasteiger partial charge on any atom is -0.462 e. The van der Waals surface area contributed by atoms with Gasteiger partial charge >= 0.3 is 5.97 Å². The van der Waals surface area contributed by atoms with Gasteiger partial charge in [0, 0.05) is 11.8 Å². The predicted octanol–water partition coefficient (Wildman–Crippen LogP) is 3.50. The van der Waals surface area contributed by atoms with Crippen molar-refractivity contribution in [2.45, 2.75) is 46.0 Å². The second-order valence-corrected chi connectivity index (χ2v) is 6.85. The number of carbonyl (C=O) groups excluding carboxylic acids is 1. The number of aromatic amines is 1. The van der Waals surface area contributed by atoms with Crippen LogP contribution in [0.15, 0.2) is 41.3 Å². The SMILES string of the molecule is CCOC(=O)c1c[nH]c2c(CCCc3ccccc3)c(C(C)C)nn2c1=O. The van der Waals surface area contributed by atoms with Gasteiger partial charge in [-0.05, 0) is 37.7 Å². The molecule has 0 spiro atoms. The molecule has 0 bridgehead atoms. The molecule has 0 fully saturated rings. The molecule has 0 aliphatic carbocycles. The van der Waals surface area contributed by atoms with Crippen LogP contribution >= 0.6 is 0 Å². The number of hydrogen-bond donors (Lipinski definition) is 1. The number of benzene rings is 1. The lowest BCUT2D eigenvalue weighted by Gasteiger charge is -2.06. The van der Waals surface area contributed by atoms with E-state index in [0.29, 0.717) is 5.65 Å². The number of aryl methyl sites for hydroxylation is 2. The Morgan fingerprint density at radius 1 is 1.22 bits per heavy atom. The van der Waals surface area contributed by atoms with Crippen molar-refractivity contribution in [1.29, 1.82) is 0 Å². The summed E-state index contributed by atoms with van der Waals surface area (Å²) >= 11 is 0. The molecule has 1 N–H and O–H groups in total. The highest BCUT2D eigenvalue weighted by atomic mass is 16.5. The molecular weight excluding hydrogens is 342 g/mol. The van der Waals surface area contributed by atoms with E-state index in [-0.39, 0.29) is 18.1 Å². The molecule has 3 aromatic rings. The first kappa shape index (κ1) is 18.9. The Kier molecular flexibility index (Phi) is 5.74. The van der Waals surface area contributed by atoms with Crippen LogP contribution in [-0.4, -0.2) is 27.2 Å². The average molecular weight is 367 g/mol. The number of rotatable bonds is 7. The number of carbonyl (C=O) groups is 1. The van der Waals surface area contributed by atoms with E-state index < -0.39 is 11.5 Å². The van der Waals surface area contributed by atoms with Crippen LogP contribution in [0.2, 0.25) is 0 Å². The Balaban J connectivity index is 1.93. The number of fused-ring (bicyclic) bond motifs is 1. The van der Waals surface area contributed by atoms with Crippen molar-refractivity contribution >= 4 is 11.6 Å². The third-order valence-electron chi connectivity index (χ3n) is 4.57. The third-order valence-corrected chi connectivity index (χ3v) is 4.57. The van der Waals surface area contributed by atoms with Crippen LogP contribution in [-0.2, 0) is 17.6 Å². The lowest BCUT2D eigenvalue weighted by atomic mass is 9.99. The fourth-order valence-corrected chi connectivity index (χ4v) is 3.26. The zero-order chi connectivity index (χ0) is 19.4. The maximum absolute atomic E-state index is 12.7. The van der Waals surface area contributed by atoms with Crippen LogP contribution in [0.4, 0.5) is 0 Å². The molecule has 3 rings (SSSR count). The molecular formula is C21H25N3O3. The number of hydrogen-bond acceptors (Lipinski definition) is 4. The molecule has 2 heterocycles. The molecule has 0 atom stereocenters. The van der Waals surface area contributed by atoms with E-state index in [1.54, 1.807) is 6.92 Å². The molecule has 1 aromatic carbocycles. The maximum Gasteiger partial charge on any atom is 0.345 e. The first-order valence-corrected chi connectivity index (χ1v) is 9.37. The molecule has 0 saturated heterocycles. The van der Waals surface area contributed by atoms with Gasteiger partial charge < -0.3 is 9.72 Å². The number of H-pyrrole nitrogens is 1. The normalized spacial score (nSPS) is 11.3. The lowest BCUT2D eigenvalue weighted by molar-refractivity contribution is 0.0523. The van der Waals surface area contributed by atoms with E-state index in [1.165, 1.54) is 16.3 Å². The Bertz CT molecular complexity index is 987. The first-order valence-electron chi connectivity index (χ1n) is 9.37. The smallest absolute Gasteiger partial charge is 0.345 e. The van der Waals surface area contributed by atoms with Gasteiger partial charge in [0.25, 0.3) is 5.56 Å². The number of nitrogens with zero attached hydrogens (tertiary/aromatic N) is 2. The van der Waals surface area contributed by atoms with Gasteiger partial charge in [0.15, 0.2) is 0 Å². The minimum absolute atomic E-state index is 0.0296. The van der Waals surface area contributed by atoms with Gasteiger partial charge in [-0.25, -0.2) is 4.79 Å². The van der Waals surface area contributed by atoms with Crippen molar-refractivity contribution < 1.29 is 9.53 Å². The largest absolute Gasteiger partial charge is 0.462 e. The summed E-state index contributed by atoms with van der Waals surface area (Å²) in [6.45, 7) is 6.04. The summed E-state index contributed by atoms with van der Waals surface area (Å²) in [4.78, 5) is 27.8. The fraction of sp³-hybridized carbons (Fsp3) is 0.381. The molecule has 6 heteroatoms. The monoisotopic (exact) mass is 367 g/mol. The molecule has 0 aliphatic heterocycles. The van der Waals surface area contributed by atoms with Crippen LogP contribution in [0.3, 0.4) is 0 Å². The molecule has 0 radical (unpaired) electrons. The van der Waals surface area contributed by atoms with Crippen LogP contribution in [0, 0.1) is 0 Å². The predicted molar refractivity (Wildman–Crippen MR) is 104 cm³/mol. The Hall–Kier alpha value is -2.89. The van der Waals surface area contributed by atoms with E-state index >= 15 is 0 Å². The molecule has 27 heavy (non-hydrogen) atoms. The Labute approximate surface area is 158 Å². The van der Waals surface area contributed by atoms with Gasteiger partial charge in [-0.15, -0.1) is 0 Å². The summed E-state index contributed by atoms with van der Waals surface area (Å²) in [5, 5.41) is 4.51. The van der Waals surface area contributed by atoms with Gasteiger partial charge in [0.2, 0.25) is 0 Å². The molecule has 0 amide bonds. The summed E-state index contributed by atoms with van der Waals surface area (Å²) in [6.07, 6.45) is 4.15. The molecule has 0 saturated carbocycles. The van der Waals surface area contributed by atoms with Crippen molar-refractivity contribution in [3.05, 3.63) is 69.3 Å². The van der Waals surface area contributed by atoms with Gasteiger partial charge in [-0.3, -0.25) is 4.79 Å². The van der Waals surface area contributed by atoms with Crippen molar-refractivity contribution in [3.63, 3.8) is 0 Å². The molecule has 2 aromatic heterocycles. The molecule has 6 nitrogen and oxygen atoms in total. The lowest BCUT2D eigenvalue weighted by Crippen LogP contribution is -2.24. The molecule has 0 aliphatic rings. The standard InChI is InChI=1S/C21H25N3O3/c1-4-27-21(26)17-13-22-19-16(12-8-11-15-9-6-5-7-10-15)18(14(2)3)23-24(19)20(17)25/h5-7,9-10,13-14,22H,4,8,11-12H2,1-3H3. The van der Waals surface area contributed by atoms with Crippen LogP contribution in [0.1, 0.15) is 60.3 Å². The van der Waals surface area contributed by atoms with E-state index in [0.717, 1.165) is 30.5 Å². The van der Waals surface area contributed by atoms with E-state index in [4.69, 9.17) is 4.74 Å². The van der Waals surface area contributed by atoms with Crippen molar-refractivity contribution in [1.82, 2.24) is 14.6 Å². The summed E-state index contributed by atoms with van der Waals surface area (Å²) in [7, 11) is 0. The molecule has 142 valence electrons. The van der Waals surface area contributed by atoms with Gasteiger partial charge in [0.05, 0.1) is 12.3 Å². The van der Waals surface area contributed by atoms with Crippen LogP contribution in [0.5, 0.6) is 0 Å². The zero-order valence-electron chi connectivity index (χ0n) is 16.0. The second-order valence-electron chi connectivity index (χ2n) is 6.85. The topological polar surface area (TPSA) is 76.5 Å². The number of nitrogens with one attached hydrogen (secondary N) is 1. The maximum atomic E-state index is 12.7. The summed E-state index contributed by atoms with van der Waals surface area (Å²) in [6, 6.07) is 10.3. The number of aromatic nitrogens is 3. The van der Waals surface area contributed by atoms with Gasteiger partial charge in [0.1, 0.15) is 11.2 Å². The third kappa shape index (κ3) is 3.94. The highest BCUT2D eigenvalue weighted by Crippen LogP contribution is 2.23. The second kappa shape index (κ2) is 8.20. The fourth-order valence-electron chi connectivity index (χ4n) is 3.26.